The molecule has 5 rings (SSSR count). The van der Waals surface area contributed by atoms with Crippen molar-refractivity contribution in [2.24, 2.45) is 18.2 Å². The maximum atomic E-state index is 11.9. The number of nitrogens with one attached hydrogen (secondary N) is 1. The van der Waals surface area contributed by atoms with Crippen molar-refractivity contribution in [3.63, 3.8) is 0 Å². The Balaban J connectivity index is 1.46. The molecule has 1 aromatic carbocycles. The second-order valence-corrected chi connectivity index (χ2v) is 11.1. The molecule has 1 aliphatic rings. The van der Waals surface area contributed by atoms with Gasteiger partial charge >= 0.3 is 0 Å². The highest BCUT2D eigenvalue weighted by atomic mass is 32.2. The topological polar surface area (TPSA) is 106 Å². The quantitative estimate of drug-likeness (QED) is 0.418. The Kier molecular flexibility index (Phi) is 5.67. The van der Waals surface area contributed by atoms with Crippen molar-refractivity contribution in [1.29, 1.82) is 0 Å². The summed E-state index contributed by atoms with van der Waals surface area (Å²) in [5.41, 5.74) is 12.3. The Morgan fingerprint density at radius 3 is 2.54 bits per heavy atom. The normalized spacial score (nSPS) is 17.1. The zero-order valence-corrected chi connectivity index (χ0v) is 21.3. The maximum absolute atomic E-state index is 11.9. The summed E-state index contributed by atoms with van der Waals surface area (Å²) in [5, 5.41) is 4.38. The molecule has 1 amide bonds. The Hall–Kier alpha value is -3.59. The fraction of sp³-hybridized carbons (Fsp3) is 0.308. The number of hydrogen-bond acceptors (Lipinski definition) is 6. The molecule has 35 heavy (non-hydrogen) atoms. The van der Waals surface area contributed by atoms with Crippen LogP contribution in [0.5, 0.6) is 0 Å². The predicted molar refractivity (Wildman–Crippen MR) is 140 cm³/mol. The average molecular weight is 488 g/mol. The van der Waals surface area contributed by atoms with Gasteiger partial charge in [0, 0.05) is 30.6 Å². The van der Waals surface area contributed by atoms with E-state index in [0.29, 0.717) is 4.91 Å². The Morgan fingerprint density at radius 1 is 1.17 bits per heavy atom. The number of primary amides is 1. The Morgan fingerprint density at radius 2 is 1.91 bits per heavy atom. The highest BCUT2D eigenvalue weighted by Gasteiger charge is 2.38. The first-order chi connectivity index (χ1) is 16.6. The van der Waals surface area contributed by atoms with Crippen LogP contribution in [0.25, 0.3) is 33.5 Å². The maximum Gasteiger partial charge on any atom is 0.256 e. The molecule has 8 nitrogen and oxygen atoms in total. The van der Waals surface area contributed by atoms with Crippen LogP contribution in [0.2, 0.25) is 0 Å². The third kappa shape index (κ3) is 4.32. The van der Waals surface area contributed by atoms with Crippen LogP contribution in [0, 0.1) is 5.41 Å². The number of thioether (sulfide) groups is 1. The van der Waals surface area contributed by atoms with Crippen LogP contribution in [0.3, 0.4) is 0 Å². The van der Waals surface area contributed by atoms with E-state index in [4.69, 9.17) is 5.73 Å². The molecule has 0 bridgehead atoms. The number of carbonyl (C=O) groups excluding carboxylic acids is 1. The summed E-state index contributed by atoms with van der Waals surface area (Å²) in [5.74, 6) is -0.376. The summed E-state index contributed by atoms with van der Waals surface area (Å²) < 4.78 is 1.78. The van der Waals surface area contributed by atoms with Crippen molar-refractivity contribution in [3.05, 3.63) is 65.7 Å². The third-order valence-corrected chi connectivity index (χ3v) is 8.04. The van der Waals surface area contributed by atoms with E-state index in [9.17, 15) is 4.79 Å². The molecule has 4 heterocycles. The lowest BCUT2D eigenvalue weighted by molar-refractivity contribution is -0.113. The summed E-state index contributed by atoms with van der Waals surface area (Å²) in [6, 6.07) is 10.5. The van der Waals surface area contributed by atoms with E-state index in [1.807, 2.05) is 31.7 Å². The van der Waals surface area contributed by atoms with E-state index in [0.717, 1.165) is 39.1 Å². The van der Waals surface area contributed by atoms with Gasteiger partial charge in [-0.25, -0.2) is 9.97 Å². The van der Waals surface area contributed by atoms with Crippen molar-refractivity contribution in [2.45, 2.75) is 39.1 Å². The number of nitrogens with two attached hydrogens (primary N) is 1. The number of aromatic nitrogens is 5. The van der Waals surface area contributed by atoms with Crippen molar-refractivity contribution in [3.8, 4) is 22.5 Å². The first-order valence-corrected chi connectivity index (χ1v) is 12.4. The Bertz CT molecular complexity index is 1430. The second-order valence-electron chi connectivity index (χ2n) is 10.0. The SMILES string of the molecule is CC(c1ccc(-c2ncnc3cc(-c4cnn(C)c4)[nH]c23)cc1)N1C=C(C(N)=O)SC1C(C)(C)C. The molecule has 0 aliphatic carbocycles. The molecular weight excluding hydrogens is 458 g/mol. The van der Waals surface area contributed by atoms with Gasteiger partial charge in [0.2, 0.25) is 0 Å². The number of carbonyl (C=O) groups is 1. The zero-order chi connectivity index (χ0) is 24.9. The summed E-state index contributed by atoms with van der Waals surface area (Å²) in [6.45, 7) is 8.70. The number of aryl methyl sites for hydroxylation is 1. The van der Waals surface area contributed by atoms with Crippen LogP contribution in [-0.2, 0) is 11.8 Å². The van der Waals surface area contributed by atoms with Gasteiger partial charge in [-0.3, -0.25) is 9.48 Å². The number of benzene rings is 1. The lowest BCUT2D eigenvalue weighted by Crippen LogP contribution is -2.37. The smallest absolute Gasteiger partial charge is 0.256 e. The van der Waals surface area contributed by atoms with Crippen LogP contribution in [0.1, 0.15) is 39.3 Å². The van der Waals surface area contributed by atoms with Gasteiger partial charge in [0.05, 0.1) is 44.9 Å². The van der Waals surface area contributed by atoms with Gasteiger partial charge in [0.15, 0.2) is 0 Å². The number of amides is 1. The molecule has 0 saturated heterocycles. The standard InChI is InChI=1S/C26H29N7OS/c1-15(33-13-21(24(27)34)35-25(33)26(2,3)4)16-6-8-17(9-7-16)22-23-20(28-14-29-22)10-19(31-23)18-11-30-32(5)12-18/h6-15,25,31H,1-5H3,(H2,27,34). The number of fused-ring (bicyclic) bond motifs is 1. The largest absolute Gasteiger partial charge is 0.365 e. The van der Waals surface area contributed by atoms with Crippen molar-refractivity contribution in [1.82, 2.24) is 29.6 Å². The van der Waals surface area contributed by atoms with Crippen LogP contribution < -0.4 is 5.73 Å². The van der Waals surface area contributed by atoms with Gasteiger partial charge in [-0.1, -0.05) is 56.8 Å². The van der Waals surface area contributed by atoms with Gasteiger partial charge in [-0.15, -0.1) is 0 Å². The lowest BCUT2D eigenvalue weighted by atomic mass is 9.94. The third-order valence-electron chi connectivity index (χ3n) is 6.31. The molecule has 180 valence electrons. The molecule has 2 atom stereocenters. The summed E-state index contributed by atoms with van der Waals surface area (Å²) in [4.78, 5) is 27.2. The van der Waals surface area contributed by atoms with Gasteiger partial charge in [0.25, 0.3) is 5.91 Å². The van der Waals surface area contributed by atoms with Crippen LogP contribution in [0.4, 0.5) is 0 Å². The summed E-state index contributed by atoms with van der Waals surface area (Å²) in [6.07, 6.45) is 7.30. The van der Waals surface area contributed by atoms with E-state index in [2.05, 4.69) is 76.9 Å². The number of aromatic amines is 1. The molecular formula is C26H29N7OS. The number of H-pyrrole nitrogens is 1. The number of hydrogen-bond donors (Lipinski definition) is 2. The van der Waals surface area contributed by atoms with Crippen molar-refractivity contribution in [2.75, 3.05) is 0 Å². The predicted octanol–water partition coefficient (Wildman–Crippen LogP) is 4.83. The van der Waals surface area contributed by atoms with E-state index in [-0.39, 0.29) is 22.7 Å². The second kappa shape index (κ2) is 8.57. The monoisotopic (exact) mass is 487 g/mol. The minimum atomic E-state index is -0.376. The van der Waals surface area contributed by atoms with E-state index < -0.39 is 0 Å². The van der Waals surface area contributed by atoms with Gasteiger partial charge in [-0.2, -0.15) is 5.10 Å². The first kappa shape index (κ1) is 23.2. The molecule has 1 aliphatic heterocycles. The molecule has 2 unspecified atom stereocenters. The van der Waals surface area contributed by atoms with Crippen LogP contribution in [-0.4, -0.2) is 40.9 Å². The fourth-order valence-corrected chi connectivity index (χ4v) is 5.70. The molecule has 3 N–H and O–H groups in total. The molecule has 0 radical (unpaired) electrons. The summed E-state index contributed by atoms with van der Waals surface area (Å²) in [7, 11) is 1.90. The van der Waals surface area contributed by atoms with Crippen molar-refractivity contribution >= 4 is 28.7 Å². The molecule has 0 saturated carbocycles. The fourth-order valence-electron chi connectivity index (χ4n) is 4.44. The minimum Gasteiger partial charge on any atom is -0.365 e. The van der Waals surface area contributed by atoms with Gasteiger partial charge in [-0.05, 0) is 24.0 Å². The highest BCUT2D eigenvalue weighted by molar-refractivity contribution is 8.04. The molecule has 0 fully saturated rings. The molecule has 4 aromatic rings. The minimum absolute atomic E-state index is 0.0290. The highest BCUT2D eigenvalue weighted by Crippen LogP contribution is 2.46. The van der Waals surface area contributed by atoms with Gasteiger partial charge in [0.1, 0.15) is 6.33 Å². The number of nitrogens with zero attached hydrogens (tertiary/aromatic N) is 5. The zero-order valence-electron chi connectivity index (χ0n) is 20.5. The first-order valence-electron chi connectivity index (χ1n) is 11.5. The van der Waals surface area contributed by atoms with E-state index in [1.165, 1.54) is 0 Å². The lowest BCUT2D eigenvalue weighted by Gasteiger charge is -2.38. The van der Waals surface area contributed by atoms with Crippen LogP contribution in [0.15, 0.2) is 60.2 Å². The van der Waals surface area contributed by atoms with E-state index in [1.54, 1.807) is 22.8 Å². The van der Waals surface area contributed by atoms with Gasteiger partial charge < -0.3 is 15.6 Å². The van der Waals surface area contributed by atoms with E-state index >= 15 is 0 Å². The summed E-state index contributed by atoms with van der Waals surface area (Å²) >= 11 is 1.55. The number of rotatable bonds is 5. The van der Waals surface area contributed by atoms with Crippen molar-refractivity contribution < 1.29 is 4.79 Å². The van der Waals surface area contributed by atoms with Crippen LogP contribution >= 0.6 is 11.8 Å². The molecule has 9 heteroatoms. The molecule has 0 spiro atoms. The Labute approximate surface area is 208 Å². The molecule has 3 aromatic heterocycles. The average Bonchev–Trinajstić information content (AvgIpc) is 3.55.